The van der Waals surface area contributed by atoms with Gasteiger partial charge in [-0.25, -0.2) is 0 Å². The fourth-order valence-corrected chi connectivity index (χ4v) is 3.25. The van der Waals surface area contributed by atoms with Gasteiger partial charge >= 0.3 is 0 Å². The van der Waals surface area contributed by atoms with Crippen LogP contribution in [0.5, 0.6) is 0 Å². The molecule has 1 aromatic rings. The monoisotopic (exact) mass is 237 g/mol. The Labute approximate surface area is 104 Å². The van der Waals surface area contributed by atoms with Crippen LogP contribution in [0.1, 0.15) is 24.8 Å². The summed E-state index contributed by atoms with van der Waals surface area (Å²) in [6, 6.07) is 11.0. The van der Waals surface area contributed by atoms with Gasteiger partial charge < -0.3 is 5.32 Å². The molecule has 1 N–H and O–H groups in total. The minimum Gasteiger partial charge on any atom is -0.316 e. The van der Waals surface area contributed by atoms with Crippen molar-refractivity contribution in [1.29, 1.82) is 0 Å². The topological polar surface area (TPSA) is 12.0 Å². The first-order valence-electron chi connectivity index (χ1n) is 6.11. The molecule has 0 bridgehead atoms. The molecule has 1 aliphatic carbocycles. The average molecular weight is 238 g/mol. The molecule has 1 heterocycles. The van der Waals surface area contributed by atoms with Crippen molar-refractivity contribution in [3.8, 4) is 0 Å². The summed E-state index contributed by atoms with van der Waals surface area (Å²) in [5, 5.41) is 3.43. The van der Waals surface area contributed by atoms with Crippen molar-refractivity contribution in [3.63, 3.8) is 0 Å². The van der Waals surface area contributed by atoms with E-state index in [-0.39, 0.29) is 12.4 Å². The number of rotatable bonds is 2. The van der Waals surface area contributed by atoms with Crippen molar-refractivity contribution < 1.29 is 0 Å². The fraction of sp³-hybridized carbons (Fsp3) is 0.571. The van der Waals surface area contributed by atoms with Gasteiger partial charge in [-0.2, -0.15) is 0 Å². The quantitative estimate of drug-likeness (QED) is 0.834. The zero-order valence-electron chi connectivity index (χ0n) is 9.61. The lowest BCUT2D eigenvalue weighted by molar-refractivity contribution is 0.170. The number of hydrogen-bond acceptors (Lipinski definition) is 1. The zero-order valence-corrected chi connectivity index (χ0v) is 10.4. The fourth-order valence-electron chi connectivity index (χ4n) is 3.25. The van der Waals surface area contributed by atoms with Crippen LogP contribution in [0.2, 0.25) is 0 Å². The molecule has 1 aliphatic heterocycles. The zero-order chi connectivity index (χ0) is 10.1. The number of hydrogen-bond donors (Lipinski definition) is 1. The summed E-state index contributed by atoms with van der Waals surface area (Å²) < 4.78 is 0. The van der Waals surface area contributed by atoms with Gasteiger partial charge in [-0.05, 0) is 42.6 Å². The summed E-state index contributed by atoms with van der Waals surface area (Å²) in [4.78, 5) is 0. The molecule has 1 spiro atoms. The smallest absolute Gasteiger partial charge is 0.00203 e. The molecular weight excluding hydrogens is 218 g/mol. The predicted molar refractivity (Wildman–Crippen MR) is 70.0 cm³/mol. The molecule has 0 radical (unpaired) electrons. The maximum absolute atomic E-state index is 3.43. The lowest BCUT2D eigenvalue weighted by Gasteiger charge is -2.39. The lowest BCUT2D eigenvalue weighted by Crippen LogP contribution is -2.51. The first-order chi connectivity index (χ1) is 7.36. The van der Waals surface area contributed by atoms with Gasteiger partial charge in [0.2, 0.25) is 0 Å². The van der Waals surface area contributed by atoms with Crippen LogP contribution in [0.15, 0.2) is 30.3 Å². The van der Waals surface area contributed by atoms with E-state index < -0.39 is 0 Å². The van der Waals surface area contributed by atoms with E-state index in [0.29, 0.717) is 5.41 Å². The van der Waals surface area contributed by atoms with Gasteiger partial charge in [-0.3, -0.25) is 0 Å². The Morgan fingerprint density at radius 1 is 1.19 bits per heavy atom. The molecule has 1 unspecified atom stereocenters. The van der Waals surface area contributed by atoms with Crippen molar-refractivity contribution >= 4 is 12.4 Å². The van der Waals surface area contributed by atoms with Gasteiger partial charge in [0.15, 0.2) is 0 Å². The minimum absolute atomic E-state index is 0. The molecule has 1 nitrogen and oxygen atoms in total. The molecule has 1 atom stereocenters. The number of benzene rings is 1. The van der Waals surface area contributed by atoms with Crippen LogP contribution in [0, 0.1) is 11.3 Å². The van der Waals surface area contributed by atoms with Crippen LogP contribution in [-0.2, 0) is 6.42 Å². The molecule has 16 heavy (non-hydrogen) atoms. The molecule has 1 saturated carbocycles. The third-order valence-electron chi connectivity index (χ3n) is 4.17. The van der Waals surface area contributed by atoms with Crippen LogP contribution in [0.25, 0.3) is 0 Å². The third kappa shape index (κ3) is 2.26. The number of nitrogens with one attached hydrogen (secondary N) is 1. The van der Waals surface area contributed by atoms with Crippen molar-refractivity contribution in [2.75, 3.05) is 13.1 Å². The Kier molecular flexibility index (Phi) is 3.56. The van der Waals surface area contributed by atoms with Crippen LogP contribution in [0.3, 0.4) is 0 Å². The largest absolute Gasteiger partial charge is 0.316 e. The summed E-state index contributed by atoms with van der Waals surface area (Å²) in [5.41, 5.74) is 2.23. The standard InChI is InChI=1S/C14H19N.ClH/c1-2-4-12(5-3-1)8-13-6-7-14(9-13)10-15-11-14;/h1-5,13,15H,6-11H2;1H. The SMILES string of the molecule is Cl.c1ccc(CC2CCC3(CNC3)C2)cc1. The Bertz CT molecular complexity index is 332. The van der Waals surface area contributed by atoms with Crippen LogP contribution >= 0.6 is 12.4 Å². The second-order valence-corrected chi connectivity index (χ2v) is 5.40. The Morgan fingerprint density at radius 2 is 1.94 bits per heavy atom. The van der Waals surface area contributed by atoms with E-state index in [2.05, 4.69) is 35.6 Å². The van der Waals surface area contributed by atoms with Gasteiger partial charge in [0.25, 0.3) is 0 Å². The molecule has 1 saturated heterocycles. The molecule has 2 aliphatic rings. The van der Waals surface area contributed by atoms with Crippen LogP contribution in [-0.4, -0.2) is 13.1 Å². The normalized spacial score (nSPS) is 26.1. The Balaban J connectivity index is 0.000000963. The second-order valence-electron chi connectivity index (χ2n) is 5.40. The van der Waals surface area contributed by atoms with Gasteiger partial charge in [0.05, 0.1) is 0 Å². The Hall–Kier alpha value is -0.530. The molecule has 2 fully saturated rings. The second kappa shape index (κ2) is 4.77. The van der Waals surface area contributed by atoms with Crippen molar-refractivity contribution in [1.82, 2.24) is 5.32 Å². The van der Waals surface area contributed by atoms with Crippen LogP contribution in [0.4, 0.5) is 0 Å². The highest BCUT2D eigenvalue weighted by Gasteiger charge is 2.43. The van der Waals surface area contributed by atoms with Crippen molar-refractivity contribution in [2.45, 2.75) is 25.7 Å². The van der Waals surface area contributed by atoms with E-state index in [1.165, 1.54) is 44.3 Å². The van der Waals surface area contributed by atoms with Crippen molar-refractivity contribution in [3.05, 3.63) is 35.9 Å². The van der Waals surface area contributed by atoms with Gasteiger partial charge in [0.1, 0.15) is 0 Å². The summed E-state index contributed by atoms with van der Waals surface area (Å²) in [5.74, 6) is 0.939. The highest BCUT2D eigenvalue weighted by atomic mass is 35.5. The lowest BCUT2D eigenvalue weighted by atomic mass is 9.79. The van der Waals surface area contributed by atoms with E-state index >= 15 is 0 Å². The van der Waals surface area contributed by atoms with Gasteiger partial charge in [0, 0.05) is 13.1 Å². The highest BCUT2D eigenvalue weighted by Crippen LogP contribution is 2.45. The summed E-state index contributed by atoms with van der Waals surface area (Å²) in [6.07, 6.45) is 5.64. The molecule has 1 aromatic carbocycles. The molecular formula is C14H20ClN. The number of halogens is 1. The maximum atomic E-state index is 3.43. The van der Waals surface area contributed by atoms with E-state index in [4.69, 9.17) is 0 Å². The average Bonchev–Trinajstić information content (AvgIpc) is 2.63. The minimum atomic E-state index is 0. The van der Waals surface area contributed by atoms with Crippen molar-refractivity contribution in [2.24, 2.45) is 11.3 Å². The Morgan fingerprint density at radius 3 is 2.50 bits per heavy atom. The van der Waals surface area contributed by atoms with E-state index in [1.54, 1.807) is 0 Å². The predicted octanol–water partition coefficient (Wildman–Crippen LogP) is 3.04. The molecule has 3 rings (SSSR count). The maximum Gasteiger partial charge on any atom is 0.00203 e. The summed E-state index contributed by atoms with van der Waals surface area (Å²) in [6.45, 7) is 2.55. The third-order valence-corrected chi connectivity index (χ3v) is 4.17. The van der Waals surface area contributed by atoms with E-state index in [0.717, 1.165) is 5.92 Å². The highest BCUT2D eigenvalue weighted by molar-refractivity contribution is 5.85. The van der Waals surface area contributed by atoms with Gasteiger partial charge in [-0.1, -0.05) is 30.3 Å². The first kappa shape index (κ1) is 11.9. The molecule has 0 aromatic heterocycles. The molecule has 2 heteroatoms. The van der Waals surface area contributed by atoms with Gasteiger partial charge in [-0.15, -0.1) is 12.4 Å². The van der Waals surface area contributed by atoms with Crippen LogP contribution < -0.4 is 5.32 Å². The summed E-state index contributed by atoms with van der Waals surface area (Å²) >= 11 is 0. The van der Waals surface area contributed by atoms with E-state index in [1.807, 2.05) is 0 Å². The van der Waals surface area contributed by atoms with E-state index in [9.17, 15) is 0 Å². The molecule has 0 amide bonds. The summed E-state index contributed by atoms with van der Waals surface area (Å²) in [7, 11) is 0. The first-order valence-corrected chi connectivity index (χ1v) is 6.11. The molecule has 88 valence electrons.